The van der Waals surface area contributed by atoms with Crippen molar-refractivity contribution in [3.8, 4) is 0 Å². The van der Waals surface area contributed by atoms with E-state index in [1.807, 2.05) is 42.1 Å². The Morgan fingerprint density at radius 1 is 1.26 bits per heavy atom. The number of carbonyl (C=O) groups excluding carboxylic acids is 1. The zero-order valence-electron chi connectivity index (χ0n) is 10.3. The summed E-state index contributed by atoms with van der Waals surface area (Å²) in [6.45, 7) is 0. The molecule has 1 N–H and O–H groups in total. The van der Waals surface area contributed by atoms with Gasteiger partial charge in [-0.25, -0.2) is 4.98 Å². The van der Waals surface area contributed by atoms with Crippen molar-refractivity contribution < 1.29 is 4.79 Å². The molecule has 3 rings (SSSR count). The van der Waals surface area contributed by atoms with Crippen molar-refractivity contribution >= 4 is 46.0 Å². The maximum Gasteiger partial charge on any atom is 0.239 e. The number of nitrogens with one attached hydrogen (secondary N) is 1. The summed E-state index contributed by atoms with van der Waals surface area (Å²) in [5.41, 5.74) is 0. The molecule has 1 aromatic carbocycles. The number of pyridine rings is 1. The van der Waals surface area contributed by atoms with Crippen LogP contribution in [0.5, 0.6) is 0 Å². The van der Waals surface area contributed by atoms with Crippen molar-refractivity contribution in [3.05, 3.63) is 36.5 Å². The fourth-order valence-electron chi connectivity index (χ4n) is 2.00. The summed E-state index contributed by atoms with van der Waals surface area (Å²) in [7, 11) is 0. The van der Waals surface area contributed by atoms with Crippen LogP contribution >= 0.6 is 23.5 Å². The first-order valence-corrected chi connectivity index (χ1v) is 8.38. The molecule has 0 spiro atoms. The lowest BCUT2D eigenvalue weighted by atomic mass is 10.2. The average Bonchev–Trinajstić information content (AvgIpc) is 2.48. The summed E-state index contributed by atoms with van der Waals surface area (Å²) in [5, 5.41) is 5.15. The second-order valence-electron chi connectivity index (χ2n) is 4.34. The number of carbonyl (C=O) groups is 1. The highest BCUT2D eigenvalue weighted by atomic mass is 32.2. The van der Waals surface area contributed by atoms with Crippen molar-refractivity contribution in [3.63, 3.8) is 0 Å². The molecule has 1 aromatic heterocycles. The maximum atomic E-state index is 12.1. The van der Waals surface area contributed by atoms with E-state index in [2.05, 4.69) is 10.3 Å². The van der Waals surface area contributed by atoms with Gasteiger partial charge in [0.05, 0.1) is 5.25 Å². The molecular weight excluding hydrogens is 276 g/mol. The van der Waals surface area contributed by atoms with Gasteiger partial charge in [0.25, 0.3) is 0 Å². The third kappa shape index (κ3) is 3.04. The highest BCUT2D eigenvalue weighted by molar-refractivity contribution is 8.07. The molecule has 19 heavy (non-hydrogen) atoms. The van der Waals surface area contributed by atoms with E-state index >= 15 is 0 Å². The van der Waals surface area contributed by atoms with Crippen molar-refractivity contribution in [1.29, 1.82) is 0 Å². The summed E-state index contributed by atoms with van der Waals surface area (Å²) < 4.78 is 0. The number of amides is 1. The third-order valence-corrected chi connectivity index (χ3v) is 5.74. The Morgan fingerprint density at radius 3 is 2.89 bits per heavy atom. The predicted molar refractivity (Wildman–Crippen MR) is 83.9 cm³/mol. The van der Waals surface area contributed by atoms with E-state index in [0.29, 0.717) is 5.82 Å². The smallest absolute Gasteiger partial charge is 0.239 e. The van der Waals surface area contributed by atoms with Crippen LogP contribution in [0, 0.1) is 0 Å². The minimum absolute atomic E-state index is 0.0482. The molecule has 2 heterocycles. The van der Waals surface area contributed by atoms with Gasteiger partial charge >= 0.3 is 0 Å². The van der Waals surface area contributed by atoms with Crippen LogP contribution < -0.4 is 5.32 Å². The molecule has 1 unspecified atom stereocenters. The van der Waals surface area contributed by atoms with Crippen LogP contribution in [0.1, 0.15) is 0 Å². The number of benzene rings is 1. The van der Waals surface area contributed by atoms with E-state index < -0.39 is 0 Å². The van der Waals surface area contributed by atoms with Gasteiger partial charge in [0.2, 0.25) is 5.91 Å². The van der Waals surface area contributed by atoms with Gasteiger partial charge in [-0.05, 0) is 11.5 Å². The molecule has 1 saturated heterocycles. The molecule has 1 aliphatic rings. The Bertz CT molecular complexity index is 597. The Hall–Kier alpha value is -1.20. The normalized spacial score (nSPS) is 19.3. The zero-order valence-corrected chi connectivity index (χ0v) is 12.0. The van der Waals surface area contributed by atoms with E-state index in [0.717, 1.165) is 28.0 Å². The first kappa shape index (κ1) is 12.8. The average molecular weight is 290 g/mol. The fraction of sp³-hybridized carbons (Fsp3) is 0.286. The number of hydrogen-bond acceptors (Lipinski definition) is 4. The molecule has 0 aliphatic carbocycles. The molecular formula is C14H14N2OS2. The second kappa shape index (κ2) is 5.84. The van der Waals surface area contributed by atoms with Gasteiger partial charge in [-0.3, -0.25) is 4.79 Å². The summed E-state index contributed by atoms with van der Waals surface area (Å²) in [6, 6.07) is 9.94. The zero-order chi connectivity index (χ0) is 13.1. The van der Waals surface area contributed by atoms with Crippen molar-refractivity contribution in [2.24, 2.45) is 0 Å². The number of fused-ring (bicyclic) bond motifs is 1. The standard InChI is InChI=1S/C14H14N2OS2/c17-14(12-9-18-5-6-19-12)16-13-7-10-3-1-2-4-11(10)8-15-13/h1-4,7-8,12H,5-6,9H2,(H,15,16,17). The fourth-order valence-corrected chi connectivity index (χ4v) is 4.55. The van der Waals surface area contributed by atoms with Crippen LogP contribution in [0.25, 0.3) is 10.8 Å². The molecule has 5 heteroatoms. The van der Waals surface area contributed by atoms with Gasteiger partial charge in [-0.1, -0.05) is 24.3 Å². The minimum Gasteiger partial charge on any atom is -0.310 e. The van der Waals surface area contributed by atoms with Crippen LogP contribution in [0.2, 0.25) is 0 Å². The lowest BCUT2D eigenvalue weighted by Gasteiger charge is -2.19. The van der Waals surface area contributed by atoms with Crippen LogP contribution in [0.3, 0.4) is 0 Å². The Labute approximate surface area is 120 Å². The van der Waals surface area contributed by atoms with E-state index in [4.69, 9.17) is 0 Å². The number of thioether (sulfide) groups is 2. The first-order valence-electron chi connectivity index (χ1n) is 6.18. The molecule has 0 bridgehead atoms. The van der Waals surface area contributed by atoms with Crippen LogP contribution in [0.15, 0.2) is 36.5 Å². The molecule has 0 radical (unpaired) electrons. The summed E-state index contributed by atoms with van der Waals surface area (Å²) in [5.74, 6) is 3.79. The Kier molecular flexibility index (Phi) is 3.94. The molecule has 1 fully saturated rings. The molecule has 1 atom stereocenters. The minimum atomic E-state index is 0.0482. The van der Waals surface area contributed by atoms with Crippen LogP contribution in [-0.2, 0) is 4.79 Å². The van der Waals surface area contributed by atoms with Gasteiger partial charge < -0.3 is 5.32 Å². The predicted octanol–water partition coefficient (Wildman–Crippen LogP) is 3.02. The number of hydrogen-bond donors (Lipinski definition) is 1. The summed E-state index contributed by atoms with van der Waals surface area (Å²) >= 11 is 3.58. The van der Waals surface area contributed by atoms with Crippen molar-refractivity contribution in [2.75, 3.05) is 22.6 Å². The van der Waals surface area contributed by atoms with Gasteiger partial charge in [0.15, 0.2) is 0 Å². The van der Waals surface area contributed by atoms with Crippen molar-refractivity contribution in [1.82, 2.24) is 4.98 Å². The largest absolute Gasteiger partial charge is 0.310 e. The van der Waals surface area contributed by atoms with E-state index in [-0.39, 0.29) is 11.2 Å². The van der Waals surface area contributed by atoms with E-state index in [1.165, 1.54) is 0 Å². The van der Waals surface area contributed by atoms with Gasteiger partial charge in [-0.2, -0.15) is 11.8 Å². The lowest BCUT2D eigenvalue weighted by molar-refractivity contribution is -0.115. The number of aromatic nitrogens is 1. The Balaban J connectivity index is 1.75. The van der Waals surface area contributed by atoms with Gasteiger partial charge in [-0.15, -0.1) is 11.8 Å². The molecule has 3 nitrogen and oxygen atoms in total. The molecule has 1 aliphatic heterocycles. The van der Waals surface area contributed by atoms with E-state index in [1.54, 1.807) is 18.0 Å². The second-order valence-corrected chi connectivity index (χ2v) is 6.80. The molecule has 0 saturated carbocycles. The molecule has 98 valence electrons. The highest BCUT2D eigenvalue weighted by Crippen LogP contribution is 2.25. The lowest BCUT2D eigenvalue weighted by Crippen LogP contribution is -2.30. The number of anilines is 1. The van der Waals surface area contributed by atoms with Gasteiger partial charge in [0.1, 0.15) is 5.82 Å². The quantitative estimate of drug-likeness (QED) is 0.923. The first-order chi connectivity index (χ1) is 9.33. The topological polar surface area (TPSA) is 42.0 Å². The summed E-state index contributed by atoms with van der Waals surface area (Å²) in [6.07, 6.45) is 1.80. The summed E-state index contributed by atoms with van der Waals surface area (Å²) in [4.78, 5) is 16.4. The molecule has 1 amide bonds. The number of rotatable bonds is 2. The SMILES string of the molecule is O=C(Nc1cc2ccccc2cn1)C1CSCCS1. The monoisotopic (exact) mass is 290 g/mol. The van der Waals surface area contributed by atoms with E-state index in [9.17, 15) is 4.79 Å². The highest BCUT2D eigenvalue weighted by Gasteiger charge is 2.22. The Morgan fingerprint density at radius 2 is 2.11 bits per heavy atom. The number of nitrogens with zero attached hydrogens (tertiary/aromatic N) is 1. The third-order valence-electron chi connectivity index (χ3n) is 2.99. The van der Waals surface area contributed by atoms with Crippen molar-refractivity contribution in [2.45, 2.75) is 5.25 Å². The van der Waals surface area contributed by atoms with Crippen LogP contribution in [-0.4, -0.2) is 33.4 Å². The molecule has 2 aromatic rings. The van der Waals surface area contributed by atoms with Crippen LogP contribution in [0.4, 0.5) is 5.82 Å². The van der Waals surface area contributed by atoms with Gasteiger partial charge in [0, 0.05) is 28.8 Å². The maximum absolute atomic E-state index is 12.1.